The molecule has 1 N–H and O–H groups in total. The third-order valence-corrected chi connectivity index (χ3v) is 5.75. The summed E-state index contributed by atoms with van der Waals surface area (Å²) in [5.74, 6) is -1.28. The Hall–Kier alpha value is -3.75. The second-order valence-electron chi connectivity index (χ2n) is 9.76. The van der Waals surface area contributed by atoms with Gasteiger partial charge in [-0.1, -0.05) is 36.4 Å². The lowest BCUT2D eigenvalue weighted by molar-refractivity contribution is -0.155. The van der Waals surface area contributed by atoms with Crippen LogP contribution < -0.4 is 5.32 Å². The lowest BCUT2D eigenvalue weighted by atomic mass is 10.1. The zero-order valence-electron chi connectivity index (χ0n) is 21.3. The van der Waals surface area contributed by atoms with E-state index < -0.39 is 23.5 Å². The number of aromatic nitrogens is 1. The molecule has 3 amide bonds. The molecular formula is C27H34N4O5. The fourth-order valence-electron chi connectivity index (χ4n) is 3.94. The van der Waals surface area contributed by atoms with Gasteiger partial charge in [-0.2, -0.15) is 0 Å². The van der Waals surface area contributed by atoms with E-state index in [1.165, 1.54) is 6.92 Å². The highest BCUT2D eigenvalue weighted by Gasteiger charge is 2.31. The van der Waals surface area contributed by atoms with Crippen molar-refractivity contribution in [2.75, 3.05) is 26.2 Å². The summed E-state index contributed by atoms with van der Waals surface area (Å²) >= 11 is 0. The predicted octanol–water partition coefficient (Wildman–Crippen LogP) is 2.66. The molecule has 0 spiro atoms. The van der Waals surface area contributed by atoms with Crippen LogP contribution in [0.2, 0.25) is 0 Å². The SMILES string of the molecule is CC(=O)N1CCN(C(=O)[C@H](CCC(=O)OC(C)(C)C)NC(=O)c2cccc(-c3ccccc3)n2)CC1. The standard InChI is InChI=1S/C27H34N4O5/c1-19(32)30-15-17-31(18-16-30)26(35)23(13-14-24(33)36-27(2,3)4)29-25(34)22-12-8-11-21(28-22)20-9-6-5-7-10-20/h5-12,23H,13-18H2,1-4H3,(H,29,34)/t23-/m0/s1. The summed E-state index contributed by atoms with van der Waals surface area (Å²) in [6.07, 6.45) is 0.0592. The van der Waals surface area contributed by atoms with Crippen molar-refractivity contribution in [3.05, 3.63) is 54.2 Å². The maximum Gasteiger partial charge on any atom is 0.306 e. The molecule has 36 heavy (non-hydrogen) atoms. The minimum absolute atomic E-state index is 0.0289. The molecule has 9 nitrogen and oxygen atoms in total. The van der Waals surface area contributed by atoms with Crippen LogP contribution in [-0.2, 0) is 19.1 Å². The van der Waals surface area contributed by atoms with Crippen molar-refractivity contribution in [3.63, 3.8) is 0 Å². The number of hydrogen-bond acceptors (Lipinski definition) is 6. The number of pyridine rings is 1. The number of piperazine rings is 1. The highest BCUT2D eigenvalue weighted by molar-refractivity contribution is 5.96. The van der Waals surface area contributed by atoms with E-state index in [1.807, 2.05) is 36.4 Å². The Balaban J connectivity index is 1.74. The Morgan fingerprint density at radius 2 is 1.58 bits per heavy atom. The lowest BCUT2D eigenvalue weighted by Crippen LogP contribution is -2.55. The van der Waals surface area contributed by atoms with Crippen LogP contribution in [0.5, 0.6) is 0 Å². The normalized spacial score (nSPS) is 14.7. The van der Waals surface area contributed by atoms with Gasteiger partial charge in [0.15, 0.2) is 0 Å². The number of ether oxygens (including phenoxy) is 1. The molecule has 1 aromatic carbocycles. The van der Waals surface area contributed by atoms with Crippen LogP contribution >= 0.6 is 0 Å². The molecule has 1 aromatic heterocycles. The number of carbonyl (C=O) groups is 4. The van der Waals surface area contributed by atoms with Crippen molar-refractivity contribution >= 4 is 23.7 Å². The summed E-state index contributed by atoms with van der Waals surface area (Å²) in [4.78, 5) is 58.2. The number of hydrogen-bond donors (Lipinski definition) is 1. The molecule has 2 aromatic rings. The highest BCUT2D eigenvalue weighted by Crippen LogP contribution is 2.17. The third kappa shape index (κ3) is 7.63. The van der Waals surface area contributed by atoms with E-state index >= 15 is 0 Å². The molecule has 0 bridgehead atoms. The molecule has 1 fully saturated rings. The van der Waals surface area contributed by atoms with Gasteiger partial charge in [0.05, 0.1) is 5.69 Å². The topological polar surface area (TPSA) is 109 Å². The first-order valence-corrected chi connectivity index (χ1v) is 12.1. The van der Waals surface area contributed by atoms with Crippen molar-refractivity contribution in [1.82, 2.24) is 20.1 Å². The maximum atomic E-state index is 13.4. The van der Waals surface area contributed by atoms with Crippen molar-refractivity contribution in [2.45, 2.75) is 52.2 Å². The minimum Gasteiger partial charge on any atom is -0.460 e. The average Bonchev–Trinajstić information content (AvgIpc) is 2.85. The van der Waals surface area contributed by atoms with Gasteiger partial charge in [0, 0.05) is 45.1 Å². The van der Waals surface area contributed by atoms with Gasteiger partial charge in [-0.15, -0.1) is 0 Å². The molecular weight excluding hydrogens is 460 g/mol. The molecule has 0 unspecified atom stereocenters. The summed E-state index contributed by atoms with van der Waals surface area (Å²) in [7, 11) is 0. The Morgan fingerprint density at radius 3 is 2.19 bits per heavy atom. The van der Waals surface area contributed by atoms with Crippen LogP contribution in [0.15, 0.2) is 48.5 Å². The first kappa shape index (κ1) is 26.8. The predicted molar refractivity (Wildman–Crippen MR) is 135 cm³/mol. The molecule has 9 heteroatoms. The Morgan fingerprint density at radius 1 is 0.944 bits per heavy atom. The van der Waals surface area contributed by atoms with E-state index in [1.54, 1.807) is 42.7 Å². The second-order valence-corrected chi connectivity index (χ2v) is 9.76. The van der Waals surface area contributed by atoms with Gasteiger partial charge in [-0.05, 0) is 39.3 Å². The van der Waals surface area contributed by atoms with Crippen LogP contribution in [0.25, 0.3) is 11.3 Å². The van der Waals surface area contributed by atoms with Crippen LogP contribution in [0.4, 0.5) is 0 Å². The molecule has 2 heterocycles. The zero-order chi connectivity index (χ0) is 26.3. The van der Waals surface area contributed by atoms with Crippen LogP contribution in [0.1, 0.15) is 51.0 Å². The van der Waals surface area contributed by atoms with E-state index in [0.29, 0.717) is 31.9 Å². The van der Waals surface area contributed by atoms with Crippen LogP contribution in [0.3, 0.4) is 0 Å². The summed E-state index contributed by atoms with van der Waals surface area (Å²) < 4.78 is 5.38. The third-order valence-electron chi connectivity index (χ3n) is 5.75. The molecule has 1 atom stereocenters. The summed E-state index contributed by atoms with van der Waals surface area (Å²) in [6, 6.07) is 13.7. The number of rotatable bonds is 7. The number of carbonyl (C=O) groups excluding carboxylic acids is 4. The first-order chi connectivity index (χ1) is 17.0. The minimum atomic E-state index is -0.934. The summed E-state index contributed by atoms with van der Waals surface area (Å²) in [6.45, 7) is 8.39. The summed E-state index contributed by atoms with van der Waals surface area (Å²) in [5.41, 5.74) is 1.03. The second kappa shape index (κ2) is 11.8. The maximum absolute atomic E-state index is 13.4. The van der Waals surface area contributed by atoms with Crippen molar-refractivity contribution in [1.29, 1.82) is 0 Å². The Kier molecular flexibility index (Phi) is 8.79. The quantitative estimate of drug-likeness (QED) is 0.593. The molecule has 192 valence electrons. The van der Waals surface area contributed by atoms with Crippen molar-refractivity contribution in [3.8, 4) is 11.3 Å². The zero-order valence-corrected chi connectivity index (χ0v) is 21.3. The monoisotopic (exact) mass is 494 g/mol. The number of nitrogens with one attached hydrogen (secondary N) is 1. The molecule has 1 saturated heterocycles. The van der Waals surface area contributed by atoms with Gasteiger partial charge in [-0.3, -0.25) is 19.2 Å². The van der Waals surface area contributed by atoms with Gasteiger partial charge in [0.2, 0.25) is 11.8 Å². The van der Waals surface area contributed by atoms with Crippen LogP contribution in [-0.4, -0.2) is 76.3 Å². The first-order valence-electron chi connectivity index (χ1n) is 12.1. The molecule has 0 saturated carbocycles. The number of nitrogens with zero attached hydrogens (tertiary/aromatic N) is 3. The average molecular weight is 495 g/mol. The number of benzene rings is 1. The molecule has 1 aliphatic heterocycles. The largest absolute Gasteiger partial charge is 0.460 e. The Bertz CT molecular complexity index is 1090. The van der Waals surface area contributed by atoms with E-state index in [0.717, 1.165) is 5.56 Å². The number of amides is 3. The summed E-state index contributed by atoms with van der Waals surface area (Å²) in [5, 5.41) is 2.78. The molecule has 1 aliphatic rings. The Labute approximate surface area is 211 Å². The van der Waals surface area contributed by atoms with Gasteiger partial charge in [0.25, 0.3) is 5.91 Å². The smallest absolute Gasteiger partial charge is 0.306 e. The van der Waals surface area contributed by atoms with Crippen LogP contribution in [0, 0.1) is 0 Å². The van der Waals surface area contributed by atoms with E-state index in [9.17, 15) is 19.2 Å². The van der Waals surface area contributed by atoms with E-state index in [-0.39, 0.29) is 30.3 Å². The van der Waals surface area contributed by atoms with Gasteiger partial charge in [0.1, 0.15) is 17.3 Å². The van der Waals surface area contributed by atoms with Crippen molar-refractivity contribution in [2.24, 2.45) is 0 Å². The van der Waals surface area contributed by atoms with E-state index in [4.69, 9.17) is 4.74 Å². The van der Waals surface area contributed by atoms with Gasteiger partial charge >= 0.3 is 5.97 Å². The molecule has 3 rings (SSSR count). The molecule has 0 radical (unpaired) electrons. The van der Waals surface area contributed by atoms with Gasteiger partial charge < -0.3 is 19.9 Å². The van der Waals surface area contributed by atoms with Crippen molar-refractivity contribution < 1.29 is 23.9 Å². The lowest BCUT2D eigenvalue weighted by Gasteiger charge is -2.36. The fourth-order valence-corrected chi connectivity index (χ4v) is 3.94. The molecule has 0 aliphatic carbocycles. The fraction of sp³-hybridized carbons (Fsp3) is 0.444. The van der Waals surface area contributed by atoms with E-state index in [2.05, 4.69) is 10.3 Å². The highest BCUT2D eigenvalue weighted by atomic mass is 16.6. The van der Waals surface area contributed by atoms with Gasteiger partial charge in [-0.25, -0.2) is 4.98 Å². The number of esters is 1.